The van der Waals surface area contributed by atoms with Gasteiger partial charge in [-0.25, -0.2) is 4.79 Å². The van der Waals surface area contributed by atoms with Gasteiger partial charge >= 0.3 is 12.1 Å². The Hall–Kier alpha value is -1.79. The number of nitrogens with one attached hydrogen (secondary N) is 2. The fraction of sp³-hybridized carbons (Fsp3) is 0.833. The number of carbonyl (C=O) groups is 3. The molecule has 0 aliphatic heterocycles. The van der Waals surface area contributed by atoms with Crippen molar-refractivity contribution < 1.29 is 23.9 Å². The molecule has 0 radical (unpaired) electrons. The molecule has 0 aromatic heterocycles. The minimum absolute atomic E-state index is 0.0105. The number of amides is 2. The van der Waals surface area contributed by atoms with Gasteiger partial charge in [-0.3, -0.25) is 9.59 Å². The van der Waals surface area contributed by atoms with Crippen LogP contribution in [0.1, 0.15) is 60.3 Å². The first kappa shape index (κ1) is 21.3. The van der Waals surface area contributed by atoms with E-state index in [2.05, 4.69) is 24.5 Å². The Morgan fingerprint density at radius 3 is 2.44 bits per heavy atom. The Kier molecular flexibility index (Phi) is 8.19. The predicted octanol–water partition coefficient (Wildman–Crippen LogP) is 2.39. The first-order valence-electron chi connectivity index (χ1n) is 9.00. The second-order valence-electron chi connectivity index (χ2n) is 7.78. The number of alkyl carbamates (subject to hydrolysis) is 1. The molecule has 2 amide bonds. The zero-order valence-corrected chi connectivity index (χ0v) is 16.0. The maximum absolute atomic E-state index is 11.9. The van der Waals surface area contributed by atoms with Crippen molar-refractivity contribution in [1.29, 1.82) is 0 Å². The van der Waals surface area contributed by atoms with Crippen molar-refractivity contribution >= 4 is 18.0 Å². The molecule has 144 valence electrons. The molecule has 7 heteroatoms. The topological polar surface area (TPSA) is 93.7 Å². The molecular weight excluding hydrogens is 324 g/mol. The van der Waals surface area contributed by atoms with Gasteiger partial charge in [0.15, 0.2) is 6.61 Å². The van der Waals surface area contributed by atoms with Gasteiger partial charge in [0.25, 0.3) is 5.91 Å². The maximum Gasteiger partial charge on any atom is 0.407 e. The van der Waals surface area contributed by atoms with Gasteiger partial charge in [0.05, 0.1) is 6.42 Å². The van der Waals surface area contributed by atoms with Crippen LogP contribution in [0.25, 0.3) is 0 Å². The Bertz CT molecular complexity index is 473. The molecule has 0 unspecified atom stereocenters. The SMILES string of the molecule is C[C@H]1[C@@H](NC(=O)COC(=O)CCNC(=O)OC(C)(C)C)CCC[C@@H]1C. The van der Waals surface area contributed by atoms with Crippen LogP contribution < -0.4 is 10.6 Å². The molecule has 0 bridgehead atoms. The molecule has 2 N–H and O–H groups in total. The van der Waals surface area contributed by atoms with Crippen LogP contribution in [0.2, 0.25) is 0 Å². The highest BCUT2D eigenvalue weighted by Gasteiger charge is 2.28. The van der Waals surface area contributed by atoms with Gasteiger partial charge in [0.1, 0.15) is 5.60 Å². The number of hydrogen-bond acceptors (Lipinski definition) is 5. The van der Waals surface area contributed by atoms with Crippen molar-refractivity contribution in [3.05, 3.63) is 0 Å². The second kappa shape index (κ2) is 9.63. The fourth-order valence-corrected chi connectivity index (χ4v) is 2.83. The van der Waals surface area contributed by atoms with Crippen molar-refractivity contribution in [2.75, 3.05) is 13.2 Å². The summed E-state index contributed by atoms with van der Waals surface area (Å²) in [6.45, 7) is 9.42. The van der Waals surface area contributed by atoms with Crippen molar-refractivity contribution in [2.45, 2.75) is 71.9 Å². The summed E-state index contributed by atoms with van der Waals surface area (Å²) in [4.78, 5) is 35.0. The fourth-order valence-electron chi connectivity index (χ4n) is 2.83. The summed E-state index contributed by atoms with van der Waals surface area (Å²) in [5.41, 5.74) is -0.587. The molecule has 1 fully saturated rings. The van der Waals surface area contributed by atoms with Crippen molar-refractivity contribution in [3.63, 3.8) is 0 Å². The lowest BCUT2D eigenvalue weighted by Crippen LogP contribution is -2.45. The third-order valence-corrected chi connectivity index (χ3v) is 4.41. The highest BCUT2D eigenvalue weighted by molar-refractivity contribution is 5.81. The molecule has 0 spiro atoms. The lowest BCUT2D eigenvalue weighted by atomic mass is 9.78. The molecule has 3 atom stereocenters. The molecule has 0 saturated heterocycles. The molecule has 0 aromatic rings. The lowest BCUT2D eigenvalue weighted by Gasteiger charge is -2.34. The van der Waals surface area contributed by atoms with Gasteiger partial charge in [0, 0.05) is 12.6 Å². The van der Waals surface area contributed by atoms with Gasteiger partial charge < -0.3 is 20.1 Å². The first-order chi connectivity index (χ1) is 11.6. The van der Waals surface area contributed by atoms with Crippen LogP contribution in [-0.4, -0.2) is 42.8 Å². The third-order valence-electron chi connectivity index (χ3n) is 4.41. The number of rotatable bonds is 6. The Morgan fingerprint density at radius 2 is 1.80 bits per heavy atom. The van der Waals surface area contributed by atoms with Crippen LogP contribution in [0.5, 0.6) is 0 Å². The summed E-state index contributed by atoms with van der Waals surface area (Å²) in [6.07, 6.45) is 2.66. The average Bonchev–Trinajstić information content (AvgIpc) is 2.48. The number of hydrogen-bond donors (Lipinski definition) is 2. The summed E-state index contributed by atoms with van der Waals surface area (Å²) in [6, 6.07) is 0.142. The standard InChI is InChI=1S/C18H32N2O5/c1-12-7-6-8-14(13(12)2)20-15(21)11-24-16(22)9-10-19-17(23)25-18(3,4)5/h12-14H,6-11H2,1-5H3,(H,19,23)(H,20,21)/t12-,13+,14-/m0/s1. The highest BCUT2D eigenvalue weighted by atomic mass is 16.6. The summed E-state index contributed by atoms with van der Waals surface area (Å²) in [5.74, 6) is 0.197. The molecule has 25 heavy (non-hydrogen) atoms. The molecule has 1 rings (SSSR count). The van der Waals surface area contributed by atoms with E-state index in [0.29, 0.717) is 11.8 Å². The van der Waals surface area contributed by atoms with E-state index < -0.39 is 17.7 Å². The van der Waals surface area contributed by atoms with E-state index in [1.54, 1.807) is 20.8 Å². The summed E-state index contributed by atoms with van der Waals surface area (Å²) in [5, 5.41) is 5.42. The van der Waals surface area contributed by atoms with Gasteiger partial charge in [-0.2, -0.15) is 0 Å². The number of ether oxygens (including phenoxy) is 2. The number of esters is 1. The molecule has 7 nitrogen and oxygen atoms in total. The minimum Gasteiger partial charge on any atom is -0.456 e. The number of carbonyl (C=O) groups excluding carboxylic acids is 3. The monoisotopic (exact) mass is 356 g/mol. The van der Waals surface area contributed by atoms with E-state index in [-0.39, 0.29) is 31.5 Å². The van der Waals surface area contributed by atoms with Crippen molar-refractivity contribution in [3.8, 4) is 0 Å². The van der Waals surface area contributed by atoms with Crippen LogP contribution in [0, 0.1) is 11.8 Å². The van der Waals surface area contributed by atoms with Crippen LogP contribution in [0.3, 0.4) is 0 Å². The van der Waals surface area contributed by atoms with Crippen LogP contribution in [0.15, 0.2) is 0 Å². The molecule has 0 aromatic carbocycles. The molecule has 1 aliphatic carbocycles. The van der Waals surface area contributed by atoms with Gasteiger partial charge in [-0.1, -0.05) is 26.7 Å². The quantitative estimate of drug-likeness (QED) is 0.713. The minimum atomic E-state index is -0.587. The van der Waals surface area contributed by atoms with Crippen LogP contribution in [0.4, 0.5) is 4.79 Å². The van der Waals surface area contributed by atoms with E-state index in [9.17, 15) is 14.4 Å². The smallest absolute Gasteiger partial charge is 0.407 e. The molecule has 0 heterocycles. The summed E-state index contributed by atoms with van der Waals surface area (Å²) < 4.78 is 10.0. The average molecular weight is 356 g/mol. The Balaban J connectivity index is 2.19. The first-order valence-corrected chi connectivity index (χ1v) is 9.00. The van der Waals surface area contributed by atoms with Gasteiger partial charge in [-0.15, -0.1) is 0 Å². The van der Waals surface area contributed by atoms with Crippen LogP contribution in [-0.2, 0) is 19.1 Å². The van der Waals surface area contributed by atoms with E-state index in [1.807, 2.05) is 0 Å². The zero-order chi connectivity index (χ0) is 19.0. The van der Waals surface area contributed by atoms with E-state index >= 15 is 0 Å². The van der Waals surface area contributed by atoms with Crippen LogP contribution >= 0.6 is 0 Å². The lowest BCUT2D eigenvalue weighted by molar-refractivity contribution is -0.148. The van der Waals surface area contributed by atoms with Crippen molar-refractivity contribution in [1.82, 2.24) is 10.6 Å². The second-order valence-corrected chi connectivity index (χ2v) is 7.78. The normalized spacial score (nSPS) is 23.5. The zero-order valence-electron chi connectivity index (χ0n) is 16.0. The molecule has 1 aliphatic rings. The van der Waals surface area contributed by atoms with E-state index in [4.69, 9.17) is 9.47 Å². The van der Waals surface area contributed by atoms with E-state index in [0.717, 1.165) is 12.8 Å². The Morgan fingerprint density at radius 1 is 1.12 bits per heavy atom. The summed E-state index contributed by atoms with van der Waals surface area (Å²) >= 11 is 0. The van der Waals surface area contributed by atoms with Gasteiger partial charge in [0.2, 0.25) is 0 Å². The summed E-state index contributed by atoms with van der Waals surface area (Å²) in [7, 11) is 0. The van der Waals surface area contributed by atoms with E-state index in [1.165, 1.54) is 6.42 Å². The largest absolute Gasteiger partial charge is 0.456 e. The molecular formula is C18H32N2O5. The van der Waals surface area contributed by atoms with Gasteiger partial charge in [-0.05, 0) is 39.0 Å². The highest BCUT2D eigenvalue weighted by Crippen LogP contribution is 2.29. The Labute approximate surface area is 150 Å². The third kappa shape index (κ3) is 8.74. The maximum atomic E-state index is 11.9. The molecule has 1 saturated carbocycles. The predicted molar refractivity (Wildman–Crippen MR) is 93.9 cm³/mol. The van der Waals surface area contributed by atoms with Crippen molar-refractivity contribution in [2.24, 2.45) is 11.8 Å².